The smallest absolute Gasteiger partial charge is 0.288 e. The Labute approximate surface area is 56.1 Å². The maximum atomic E-state index is 8.35. The number of rotatable bonds is 2. The van der Waals surface area contributed by atoms with Crippen LogP contribution in [0.25, 0.3) is 0 Å². The van der Waals surface area contributed by atoms with Gasteiger partial charge in [0.25, 0.3) is 5.97 Å². The number of hydrogen-bond acceptors (Lipinski definition) is 3. The normalized spacial score (nSPS) is 16.1. The predicted molar refractivity (Wildman–Crippen MR) is 32.4 cm³/mol. The first-order chi connectivity index (χ1) is 3.48. The summed E-state index contributed by atoms with van der Waals surface area (Å²) in [6.07, 6.45) is 0.462. The van der Waals surface area contributed by atoms with Crippen molar-refractivity contribution in [2.75, 3.05) is 0 Å². The van der Waals surface area contributed by atoms with Gasteiger partial charge in [0.15, 0.2) is 0 Å². The fourth-order valence-corrected chi connectivity index (χ4v) is 0.274. The maximum absolute atomic E-state index is 8.35. The summed E-state index contributed by atoms with van der Waals surface area (Å²) in [5.41, 5.74) is 0. The predicted octanol–water partition coefficient (Wildman–Crippen LogP) is -0.209. The largest absolute Gasteiger partial charge is 0.343 e. The van der Waals surface area contributed by atoms with Crippen molar-refractivity contribution in [2.24, 2.45) is 0 Å². The van der Waals surface area contributed by atoms with Gasteiger partial charge in [0.2, 0.25) is 0 Å². The van der Waals surface area contributed by atoms with E-state index >= 15 is 0 Å². The Kier molecular flexibility index (Phi) is 2.90. The van der Waals surface area contributed by atoms with Crippen LogP contribution in [0.1, 0.15) is 13.3 Å². The molecule has 4 heteroatoms. The zero-order valence-corrected chi connectivity index (χ0v) is 6.09. The molecule has 0 saturated heterocycles. The van der Waals surface area contributed by atoms with Gasteiger partial charge in [-0.25, -0.2) is 0 Å². The van der Waals surface area contributed by atoms with Crippen LogP contribution in [-0.2, 0) is 0 Å². The Morgan fingerprint density at radius 1 is 1.50 bits per heavy atom. The second-order valence-corrected chi connectivity index (χ2v) is 2.67. The fourth-order valence-electron chi connectivity index (χ4n) is 0.274. The highest BCUT2D eigenvalue weighted by Crippen LogP contribution is 2.14. The quantitative estimate of drug-likeness (QED) is 0.412. The highest BCUT2D eigenvalue weighted by molar-refractivity contribution is 9.09. The molecule has 8 heavy (non-hydrogen) atoms. The van der Waals surface area contributed by atoms with Crippen molar-refractivity contribution >= 4 is 15.9 Å². The molecule has 0 amide bonds. The topological polar surface area (TPSA) is 60.7 Å². The van der Waals surface area contributed by atoms with E-state index in [4.69, 9.17) is 15.3 Å². The van der Waals surface area contributed by atoms with Gasteiger partial charge in [-0.3, -0.25) is 0 Å². The van der Waals surface area contributed by atoms with Crippen LogP contribution < -0.4 is 0 Å². The lowest BCUT2D eigenvalue weighted by atomic mass is 10.3. The molecule has 3 nitrogen and oxygen atoms in total. The Morgan fingerprint density at radius 2 is 1.88 bits per heavy atom. The molecule has 50 valence electrons. The van der Waals surface area contributed by atoms with E-state index in [1.807, 2.05) is 0 Å². The number of halogens is 1. The van der Waals surface area contributed by atoms with Gasteiger partial charge in [-0.2, -0.15) is 0 Å². The van der Waals surface area contributed by atoms with Gasteiger partial charge in [-0.1, -0.05) is 22.9 Å². The van der Waals surface area contributed by atoms with Crippen molar-refractivity contribution in [2.45, 2.75) is 24.1 Å². The van der Waals surface area contributed by atoms with Gasteiger partial charge in [-0.05, 0) is 6.42 Å². The minimum Gasteiger partial charge on any atom is -0.343 e. The lowest BCUT2D eigenvalue weighted by Crippen LogP contribution is -2.37. The van der Waals surface area contributed by atoms with E-state index < -0.39 is 10.8 Å². The molecule has 0 aliphatic carbocycles. The molecule has 0 aromatic heterocycles. The lowest BCUT2D eigenvalue weighted by molar-refractivity contribution is -0.308. The van der Waals surface area contributed by atoms with Gasteiger partial charge < -0.3 is 15.3 Å². The van der Waals surface area contributed by atoms with Gasteiger partial charge in [0.05, 0.1) is 4.83 Å². The molecule has 0 aromatic rings. The maximum Gasteiger partial charge on any atom is 0.288 e. The Balaban J connectivity index is 3.62. The molecule has 1 unspecified atom stereocenters. The molecular formula is C4H9BrO3. The highest BCUT2D eigenvalue weighted by Gasteiger charge is 2.27. The van der Waals surface area contributed by atoms with Crippen LogP contribution in [0.2, 0.25) is 0 Å². The third-order valence-electron chi connectivity index (χ3n) is 0.779. The van der Waals surface area contributed by atoms with Crippen molar-refractivity contribution in [3.63, 3.8) is 0 Å². The van der Waals surface area contributed by atoms with E-state index in [0.717, 1.165) is 0 Å². The van der Waals surface area contributed by atoms with Crippen LogP contribution in [-0.4, -0.2) is 26.1 Å². The molecule has 0 aliphatic heterocycles. The first kappa shape index (κ1) is 8.36. The molecule has 1 atom stereocenters. The van der Waals surface area contributed by atoms with Crippen LogP contribution in [0.3, 0.4) is 0 Å². The van der Waals surface area contributed by atoms with E-state index in [2.05, 4.69) is 15.9 Å². The van der Waals surface area contributed by atoms with Gasteiger partial charge in [0, 0.05) is 0 Å². The number of aliphatic hydroxyl groups is 3. The fraction of sp³-hybridized carbons (Fsp3) is 1.00. The molecule has 3 N–H and O–H groups in total. The van der Waals surface area contributed by atoms with Gasteiger partial charge in [0.1, 0.15) is 0 Å². The van der Waals surface area contributed by atoms with E-state index in [1.165, 1.54) is 0 Å². The summed E-state index contributed by atoms with van der Waals surface area (Å²) in [7, 11) is 0. The summed E-state index contributed by atoms with van der Waals surface area (Å²) in [6, 6.07) is 0. The van der Waals surface area contributed by atoms with Crippen LogP contribution in [0.5, 0.6) is 0 Å². The van der Waals surface area contributed by atoms with Crippen LogP contribution in [0.4, 0.5) is 0 Å². The molecule has 0 bridgehead atoms. The first-order valence-electron chi connectivity index (χ1n) is 2.29. The zero-order chi connectivity index (χ0) is 6.78. The summed E-state index contributed by atoms with van der Waals surface area (Å²) in [6.45, 7) is 1.72. The monoisotopic (exact) mass is 184 g/mol. The second-order valence-electron chi connectivity index (χ2n) is 1.56. The van der Waals surface area contributed by atoms with E-state index in [9.17, 15) is 0 Å². The molecule has 0 aliphatic rings. The van der Waals surface area contributed by atoms with E-state index in [0.29, 0.717) is 6.42 Å². The second kappa shape index (κ2) is 2.77. The zero-order valence-electron chi connectivity index (χ0n) is 4.50. The van der Waals surface area contributed by atoms with Crippen LogP contribution in [0, 0.1) is 0 Å². The summed E-state index contributed by atoms with van der Waals surface area (Å²) in [4.78, 5) is -0.671. The van der Waals surface area contributed by atoms with Crippen molar-refractivity contribution in [1.29, 1.82) is 0 Å². The summed E-state index contributed by atoms with van der Waals surface area (Å²) < 4.78 is 0. The van der Waals surface area contributed by atoms with Crippen molar-refractivity contribution < 1.29 is 15.3 Å². The number of hydrogen-bond donors (Lipinski definition) is 3. The Bertz CT molecular complexity index is 68.2. The van der Waals surface area contributed by atoms with Crippen LogP contribution in [0.15, 0.2) is 0 Å². The molecule has 0 rings (SSSR count). The molecular weight excluding hydrogens is 176 g/mol. The Hall–Kier alpha value is 0.360. The molecule has 0 aromatic carbocycles. The average molecular weight is 185 g/mol. The van der Waals surface area contributed by atoms with Crippen molar-refractivity contribution in [3.8, 4) is 0 Å². The van der Waals surface area contributed by atoms with Gasteiger partial charge >= 0.3 is 0 Å². The Morgan fingerprint density at radius 3 is 1.88 bits per heavy atom. The molecule has 0 spiro atoms. The summed E-state index contributed by atoms with van der Waals surface area (Å²) >= 11 is 2.85. The van der Waals surface area contributed by atoms with Crippen molar-refractivity contribution in [3.05, 3.63) is 0 Å². The first-order valence-corrected chi connectivity index (χ1v) is 3.21. The minimum atomic E-state index is -2.57. The average Bonchev–Trinajstić information content (AvgIpc) is 1.62. The van der Waals surface area contributed by atoms with Crippen molar-refractivity contribution in [1.82, 2.24) is 0 Å². The standard InChI is InChI=1S/C4H9BrO3/c1-2-3(5)4(6,7)8/h3,6-8H,2H2,1H3. The molecule has 0 radical (unpaired) electrons. The molecule has 0 fully saturated rings. The SMILES string of the molecule is CCC(Br)C(O)(O)O. The third kappa shape index (κ3) is 2.61. The molecule has 0 heterocycles. The lowest BCUT2D eigenvalue weighted by Gasteiger charge is -2.18. The number of alkyl halides is 1. The summed E-state index contributed by atoms with van der Waals surface area (Å²) in [5.74, 6) is -2.57. The van der Waals surface area contributed by atoms with E-state index in [1.54, 1.807) is 6.92 Å². The highest BCUT2D eigenvalue weighted by atomic mass is 79.9. The van der Waals surface area contributed by atoms with E-state index in [-0.39, 0.29) is 0 Å². The van der Waals surface area contributed by atoms with Gasteiger partial charge in [-0.15, -0.1) is 0 Å². The summed E-state index contributed by atoms with van der Waals surface area (Å²) in [5, 5.41) is 25.1. The molecule has 0 saturated carbocycles. The van der Waals surface area contributed by atoms with Crippen LogP contribution >= 0.6 is 15.9 Å². The minimum absolute atomic E-state index is 0.462. The third-order valence-corrected chi connectivity index (χ3v) is 2.04.